The zero-order chi connectivity index (χ0) is 13.3. The molecule has 4 nitrogen and oxygen atoms in total. The van der Waals surface area contributed by atoms with Crippen LogP contribution in [0.1, 0.15) is 19.4 Å². The van der Waals surface area contributed by atoms with Crippen molar-refractivity contribution in [3.8, 4) is 0 Å². The first kappa shape index (κ1) is 12.9. The van der Waals surface area contributed by atoms with Gasteiger partial charge in [-0.3, -0.25) is 4.79 Å². The summed E-state index contributed by atoms with van der Waals surface area (Å²) in [5.74, 6) is 0.0722. The molecule has 1 aromatic rings. The molecule has 0 spiro atoms. The molecule has 0 fully saturated rings. The van der Waals surface area contributed by atoms with Crippen molar-refractivity contribution in [3.63, 3.8) is 0 Å². The van der Waals surface area contributed by atoms with E-state index < -0.39 is 5.41 Å². The minimum Gasteiger partial charge on any atom is -0.384 e. The summed E-state index contributed by atoms with van der Waals surface area (Å²) in [4.78, 5) is 14.0. The van der Waals surface area contributed by atoms with Crippen molar-refractivity contribution in [2.75, 3.05) is 37.8 Å². The standard InChI is InChI=1S/C14H21N3O/c1-14(2)11-9-10(15-7-8-17(3)4)5-6-12(11)16-13(14)18/h5-6,9,15H,7-8H2,1-4H3,(H,16,18). The van der Waals surface area contributed by atoms with Gasteiger partial charge in [0.25, 0.3) is 0 Å². The van der Waals surface area contributed by atoms with Gasteiger partial charge in [0.2, 0.25) is 5.91 Å². The molecular formula is C14H21N3O. The van der Waals surface area contributed by atoms with Gasteiger partial charge in [-0.05, 0) is 51.7 Å². The quantitative estimate of drug-likeness (QED) is 0.854. The van der Waals surface area contributed by atoms with Crippen LogP contribution in [-0.2, 0) is 10.2 Å². The summed E-state index contributed by atoms with van der Waals surface area (Å²) < 4.78 is 0. The fraction of sp³-hybridized carbons (Fsp3) is 0.500. The van der Waals surface area contributed by atoms with E-state index in [-0.39, 0.29) is 5.91 Å². The maximum absolute atomic E-state index is 11.8. The summed E-state index contributed by atoms with van der Waals surface area (Å²) in [6.45, 7) is 5.79. The molecule has 0 atom stereocenters. The number of anilines is 2. The molecular weight excluding hydrogens is 226 g/mol. The SMILES string of the molecule is CN(C)CCNc1ccc2c(c1)C(C)(C)C(=O)N2. The first-order chi connectivity index (χ1) is 8.41. The second-order valence-corrected chi connectivity index (χ2v) is 5.57. The lowest BCUT2D eigenvalue weighted by molar-refractivity contribution is -0.119. The number of likely N-dealkylation sites (N-methyl/N-ethyl adjacent to an activating group) is 1. The fourth-order valence-corrected chi connectivity index (χ4v) is 2.11. The van der Waals surface area contributed by atoms with E-state index in [1.54, 1.807) is 0 Å². The number of carbonyl (C=O) groups excluding carboxylic acids is 1. The monoisotopic (exact) mass is 247 g/mol. The van der Waals surface area contributed by atoms with Crippen molar-refractivity contribution in [1.29, 1.82) is 0 Å². The van der Waals surface area contributed by atoms with Crippen molar-refractivity contribution in [1.82, 2.24) is 4.90 Å². The molecule has 1 aliphatic heterocycles. The summed E-state index contributed by atoms with van der Waals surface area (Å²) in [5, 5.41) is 6.29. The Hall–Kier alpha value is -1.55. The van der Waals surface area contributed by atoms with Crippen molar-refractivity contribution in [2.24, 2.45) is 0 Å². The number of rotatable bonds is 4. The molecule has 1 aromatic carbocycles. The lowest BCUT2D eigenvalue weighted by atomic mass is 9.86. The Bertz CT molecular complexity index is 466. The molecule has 0 bridgehead atoms. The normalized spacial score (nSPS) is 16.6. The predicted octanol–water partition coefficient (Wildman–Crippen LogP) is 1.89. The Balaban J connectivity index is 2.13. The lowest BCUT2D eigenvalue weighted by Crippen LogP contribution is -2.27. The molecule has 0 saturated heterocycles. The summed E-state index contributed by atoms with van der Waals surface area (Å²) in [5.41, 5.74) is 2.64. The highest BCUT2D eigenvalue weighted by atomic mass is 16.2. The van der Waals surface area contributed by atoms with Crippen molar-refractivity contribution >= 4 is 17.3 Å². The molecule has 0 unspecified atom stereocenters. The van der Waals surface area contributed by atoms with E-state index in [0.29, 0.717) is 0 Å². The van der Waals surface area contributed by atoms with Crippen LogP contribution in [0.2, 0.25) is 0 Å². The Morgan fingerprint density at radius 1 is 1.33 bits per heavy atom. The third-order valence-corrected chi connectivity index (χ3v) is 3.40. The molecule has 4 heteroatoms. The van der Waals surface area contributed by atoms with E-state index >= 15 is 0 Å². The topological polar surface area (TPSA) is 44.4 Å². The molecule has 98 valence electrons. The van der Waals surface area contributed by atoms with Gasteiger partial charge in [0.15, 0.2) is 0 Å². The Labute approximate surface area is 108 Å². The second kappa shape index (κ2) is 4.61. The minimum atomic E-state index is -0.436. The van der Waals surface area contributed by atoms with Crippen LogP contribution in [0.25, 0.3) is 0 Å². The molecule has 2 rings (SSSR count). The van der Waals surface area contributed by atoms with Gasteiger partial charge in [-0.1, -0.05) is 0 Å². The first-order valence-electron chi connectivity index (χ1n) is 6.26. The maximum atomic E-state index is 11.8. The van der Waals surface area contributed by atoms with Gasteiger partial charge < -0.3 is 15.5 Å². The van der Waals surface area contributed by atoms with Gasteiger partial charge in [0.05, 0.1) is 5.41 Å². The van der Waals surface area contributed by atoms with Crippen LogP contribution in [0.15, 0.2) is 18.2 Å². The first-order valence-corrected chi connectivity index (χ1v) is 6.26. The second-order valence-electron chi connectivity index (χ2n) is 5.57. The van der Waals surface area contributed by atoms with E-state index in [4.69, 9.17) is 0 Å². The highest BCUT2D eigenvalue weighted by Crippen LogP contribution is 2.38. The molecule has 0 aromatic heterocycles. The van der Waals surface area contributed by atoms with Crippen LogP contribution in [0.5, 0.6) is 0 Å². The van der Waals surface area contributed by atoms with E-state index in [9.17, 15) is 4.79 Å². The Kier molecular flexibility index (Phi) is 3.30. The molecule has 1 aliphatic rings. The lowest BCUT2D eigenvalue weighted by Gasteiger charge is -2.17. The third kappa shape index (κ3) is 2.34. The van der Waals surface area contributed by atoms with Crippen molar-refractivity contribution in [3.05, 3.63) is 23.8 Å². The molecule has 1 heterocycles. The number of amides is 1. The van der Waals surface area contributed by atoms with Gasteiger partial charge >= 0.3 is 0 Å². The van der Waals surface area contributed by atoms with Crippen molar-refractivity contribution < 1.29 is 4.79 Å². The van der Waals surface area contributed by atoms with Crippen LogP contribution >= 0.6 is 0 Å². The zero-order valence-corrected chi connectivity index (χ0v) is 11.5. The van der Waals surface area contributed by atoms with Crippen LogP contribution in [0.3, 0.4) is 0 Å². The number of fused-ring (bicyclic) bond motifs is 1. The van der Waals surface area contributed by atoms with E-state index in [0.717, 1.165) is 30.0 Å². The number of benzene rings is 1. The third-order valence-electron chi connectivity index (χ3n) is 3.40. The Morgan fingerprint density at radius 3 is 2.72 bits per heavy atom. The van der Waals surface area contributed by atoms with Crippen molar-refractivity contribution in [2.45, 2.75) is 19.3 Å². The maximum Gasteiger partial charge on any atom is 0.234 e. The average Bonchev–Trinajstić information content (AvgIpc) is 2.51. The van der Waals surface area contributed by atoms with Gasteiger partial charge in [-0.25, -0.2) is 0 Å². The average molecular weight is 247 g/mol. The number of hydrogen-bond donors (Lipinski definition) is 2. The highest BCUT2D eigenvalue weighted by Gasteiger charge is 2.38. The molecule has 1 amide bonds. The summed E-state index contributed by atoms with van der Waals surface area (Å²) in [7, 11) is 4.10. The number of carbonyl (C=O) groups is 1. The van der Waals surface area contributed by atoms with Gasteiger partial charge in [-0.15, -0.1) is 0 Å². The van der Waals surface area contributed by atoms with Crippen LogP contribution < -0.4 is 10.6 Å². The fourth-order valence-electron chi connectivity index (χ4n) is 2.11. The predicted molar refractivity (Wildman–Crippen MR) is 75.1 cm³/mol. The van der Waals surface area contributed by atoms with Gasteiger partial charge in [-0.2, -0.15) is 0 Å². The highest BCUT2D eigenvalue weighted by molar-refractivity contribution is 6.05. The minimum absolute atomic E-state index is 0.0722. The molecule has 0 aliphatic carbocycles. The molecule has 0 saturated carbocycles. The van der Waals surface area contributed by atoms with Crippen LogP contribution in [-0.4, -0.2) is 38.0 Å². The molecule has 2 N–H and O–H groups in total. The summed E-state index contributed by atoms with van der Waals surface area (Å²) in [6, 6.07) is 6.05. The Morgan fingerprint density at radius 2 is 2.06 bits per heavy atom. The van der Waals surface area contributed by atoms with Crippen LogP contribution in [0.4, 0.5) is 11.4 Å². The van der Waals surface area contributed by atoms with Gasteiger partial charge in [0, 0.05) is 24.5 Å². The smallest absolute Gasteiger partial charge is 0.234 e. The molecule has 0 radical (unpaired) electrons. The summed E-state index contributed by atoms with van der Waals surface area (Å²) >= 11 is 0. The van der Waals surface area contributed by atoms with E-state index in [2.05, 4.69) is 35.7 Å². The molecule has 18 heavy (non-hydrogen) atoms. The largest absolute Gasteiger partial charge is 0.384 e. The van der Waals surface area contributed by atoms with E-state index in [1.165, 1.54) is 0 Å². The number of nitrogens with one attached hydrogen (secondary N) is 2. The number of hydrogen-bond acceptors (Lipinski definition) is 3. The van der Waals surface area contributed by atoms with Gasteiger partial charge in [0.1, 0.15) is 0 Å². The summed E-state index contributed by atoms with van der Waals surface area (Å²) in [6.07, 6.45) is 0. The van der Waals surface area contributed by atoms with E-state index in [1.807, 2.05) is 26.0 Å². The number of nitrogens with zero attached hydrogens (tertiary/aromatic N) is 1. The van der Waals surface area contributed by atoms with Crippen LogP contribution in [0, 0.1) is 0 Å². The zero-order valence-electron chi connectivity index (χ0n) is 11.5.